The van der Waals surface area contributed by atoms with Gasteiger partial charge < -0.3 is 15.4 Å². The van der Waals surface area contributed by atoms with Gasteiger partial charge in [0, 0.05) is 38.1 Å². The van der Waals surface area contributed by atoms with Gasteiger partial charge in [-0.3, -0.25) is 4.99 Å². The van der Waals surface area contributed by atoms with Crippen LogP contribution in [0.2, 0.25) is 0 Å². The number of nitrogens with one attached hydrogen (secondary N) is 2. The van der Waals surface area contributed by atoms with Crippen molar-refractivity contribution in [1.82, 2.24) is 10.6 Å². The second-order valence-corrected chi connectivity index (χ2v) is 7.76. The van der Waals surface area contributed by atoms with E-state index >= 15 is 0 Å². The molecule has 22 heavy (non-hydrogen) atoms. The van der Waals surface area contributed by atoms with Crippen molar-refractivity contribution in [2.45, 2.75) is 50.2 Å². The summed E-state index contributed by atoms with van der Waals surface area (Å²) in [6.45, 7) is 6.09. The van der Waals surface area contributed by atoms with Crippen molar-refractivity contribution in [3.8, 4) is 0 Å². The summed E-state index contributed by atoms with van der Waals surface area (Å²) in [6.07, 6.45) is 9.83. The fourth-order valence-electron chi connectivity index (χ4n) is 3.27. The van der Waals surface area contributed by atoms with Crippen molar-refractivity contribution < 1.29 is 4.74 Å². The summed E-state index contributed by atoms with van der Waals surface area (Å²) in [4.78, 5) is 4.39. The second kappa shape index (κ2) is 9.57. The molecule has 0 bridgehead atoms. The van der Waals surface area contributed by atoms with Crippen LogP contribution in [-0.2, 0) is 4.74 Å². The first-order valence-corrected chi connectivity index (χ1v) is 9.47. The lowest BCUT2D eigenvalue weighted by Crippen LogP contribution is -2.50. The number of hydrogen-bond donors (Lipinski definition) is 2. The first kappa shape index (κ1) is 20.4. The summed E-state index contributed by atoms with van der Waals surface area (Å²) >= 11 is 1.96. The molecule has 0 aromatic rings. The minimum absolute atomic E-state index is 0. The zero-order valence-corrected chi connectivity index (χ0v) is 17.4. The van der Waals surface area contributed by atoms with Crippen LogP contribution in [0.1, 0.15) is 45.4 Å². The zero-order chi connectivity index (χ0) is 15.2. The quantitative estimate of drug-likeness (QED) is 0.378. The Morgan fingerprint density at radius 3 is 2.23 bits per heavy atom. The number of guanidine groups is 1. The van der Waals surface area contributed by atoms with Gasteiger partial charge >= 0.3 is 0 Å². The number of thioether (sulfide) groups is 1. The summed E-state index contributed by atoms with van der Waals surface area (Å²) in [7, 11) is 1.87. The highest BCUT2D eigenvalue weighted by molar-refractivity contribution is 14.0. The van der Waals surface area contributed by atoms with Crippen molar-refractivity contribution in [2.24, 2.45) is 10.4 Å². The molecule has 2 rings (SSSR count). The monoisotopic (exact) mass is 441 g/mol. The maximum atomic E-state index is 5.50. The van der Waals surface area contributed by atoms with E-state index in [0.29, 0.717) is 10.2 Å². The van der Waals surface area contributed by atoms with Gasteiger partial charge in [-0.25, -0.2) is 0 Å². The molecule has 4 nitrogen and oxygen atoms in total. The third-order valence-corrected chi connectivity index (χ3v) is 6.85. The van der Waals surface area contributed by atoms with Crippen LogP contribution in [-0.4, -0.2) is 50.3 Å². The molecule has 1 saturated heterocycles. The minimum Gasteiger partial charge on any atom is -0.381 e. The number of ether oxygens (including phenoxy) is 1. The lowest BCUT2D eigenvalue weighted by Gasteiger charge is -2.42. The van der Waals surface area contributed by atoms with Crippen molar-refractivity contribution in [1.29, 1.82) is 0 Å². The van der Waals surface area contributed by atoms with Gasteiger partial charge in [0.15, 0.2) is 5.96 Å². The molecule has 0 atom stereocenters. The van der Waals surface area contributed by atoms with E-state index in [1.807, 2.05) is 18.8 Å². The predicted molar refractivity (Wildman–Crippen MR) is 108 cm³/mol. The summed E-state index contributed by atoms with van der Waals surface area (Å²) in [6, 6.07) is 0. The number of rotatable bonds is 6. The number of hydrogen-bond acceptors (Lipinski definition) is 3. The van der Waals surface area contributed by atoms with Gasteiger partial charge in [0.1, 0.15) is 0 Å². The molecular weight excluding hydrogens is 409 g/mol. The summed E-state index contributed by atoms with van der Waals surface area (Å²) < 4.78 is 5.80. The van der Waals surface area contributed by atoms with E-state index in [1.165, 1.54) is 25.7 Å². The van der Waals surface area contributed by atoms with Gasteiger partial charge in [0.2, 0.25) is 0 Å². The molecule has 0 unspecified atom stereocenters. The molecule has 2 N–H and O–H groups in total. The molecule has 1 heterocycles. The molecule has 0 spiro atoms. The van der Waals surface area contributed by atoms with E-state index in [1.54, 1.807) is 0 Å². The maximum absolute atomic E-state index is 5.50. The van der Waals surface area contributed by atoms with Crippen LogP contribution in [0.5, 0.6) is 0 Å². The van der Waals surface area contributed by atoms with E-state index in [0.717, 1.165) is 45.1 Å². The van der Waals surface area contributed by atoms with Crippen LogP contribution in [0.4, 0.5) is 0 Å². The van der Waals surface area contributed by atoms with Gasteiger partial charge in [-0.05, 0) is 43.8 Å². The van der Waals surface area contributed by atoms with Crippen molar-refractivity contribution in [2.75, 3.05) is 39.6 Å². The molecule has 0 aromatic heterocycles. The van der Waals surface area contributed by atoms with Crippen LogP contribution in [0.3, 0.4) is 0 Å². The van der Waals surface area contributed by atoms with Crippen LogP contribution in [0.25, 0.3) is 0 Å². The Morgan fingerprint density at radius 1 is 1.14 bits per heavy atom. The molecule has 0 radical (unpaired) electrons. The maximum Gasteiger partial charge on any atom is 0.191 e. The highest BCUT2D eigenvalue weighted by Crippen LogP contribution is 2.43. The van der Waals surface area contributed by atoms with Crippen LogP contribution in [0.15, 0.2) is 4.99 Å². The average molecular weight is 441 g/mol. The number of aliphatic imine (C=N–C) groups is 1. The molecule has 6 heteroatoms. The molecule has 2 fully saturated rings. The van der Waals surface area contributed by atoms with E-state index in [9.17, 15) is 0 Å². The zero-order valence-electron chi connectivity index (χ0n) is 14.2. The van der Waals surface area contributed by atoms with E-state index in [2.05, 4.69) is 28.8 Å². The molecule has 0 aromatic carbocycles. The predicted octanol–water partition coefficient (Wildman–Crippen LogP) is 3.26. The lowest BCUT2D eigenvalue weighted by molar-refractivity contribution is 0.0782. The van der Waals surface area contributed by atoms with E-state index in [-0.39, 0.29) is 24.0 Å². The fraction of sp³-hybridized carbons (Fsp3) is 0.938. The third kappa shape index (κ3) is 5.16. The first-order valence-electron chi connectivity index (χ1n) is 8.25. The normalized spacial score (nSPS) is 23.1. The highest BCUT2D eigenvalue weighted by Gasteiger charge is 2.35. The topological polar surface area (TPSA) is 45.7 Å². The van der Waals surface area contributed by atoms with Crippen LogP contribution in [0, 0.1) is 5.41 Å². The standard InChI is InChI=1S/C16H31N3OS.HI/c1-4-15(6-5-7-15)12-18-14(17-2)19-13-16(21-3)8-10-20-11-9-16;/h4-13H2,1-3H3,(H2,17,18,19);1H. The van der Waals surface area contributed by atoms with E-state index < -0.39 is 0 Å². The summed E-state index contributed by atoms with van der Waals surface area (Å²) in [5.74, 6) is 0.953. The lowest BCUT2D eigenvalue weighted by atomic mass is 9.67. The molecule has 2 aliphatic rings. The third-order valence-electron chi connectivity index (χ3n) is 5.43. The van der Waals surface area contributed by atoms with Gasteiger partial charge in [-0.1, -0.05) is 13.3 Å². The van der Waals surface area contributed by atoms with Gasteiger partial charge in [0.05, 0.1) is 0 Å². The Balaban J connectivity index is 0.00000242. The van der Waals surface area contributed by atoms with Crippen molar-refractivity contribution in [3.05, 3.63) is 0 Å². The first-order chi connectivity index (χ1) is 10.2. The highest BCUT2D eigenvalue weighted by atomic mass is 127. The van der Waals surface area contributed by atoms with Gasteiger partial charge in [-0.15, -0.1) is 24.0 Å². The van der Waals surface area contributed by atoms with Crippen LogP contribution < -0.4 is 10.6 Å². The molecular formula is C16H32IN3OS. The molecule has 1 saturated carbocycles. The van der Waals surface area contributed by atoms with Gasteiger partial charge in [0.25, 0.3) is 0 Å². The molecule has 1 aliphatic carbocycles. The minimum atomic E-state index is 0. The Hall–Kier alpha value is 0.310. The summed E-state index contributed by atoms with van der Waals surface area (Å²) in [5.41, 5.74) is 0.521. The smallest absolute Gasteiger partial charge is 0.191 e. The SMILES string of the molecule is CCC1(CNC(=NC)NCC2(SC)CCOCC2)CCC1.I. The number of nitrogens with zero attached hydrogens (tertiary/aromatic N) is 1. The second-order valence-electron chi connectivity index (χ2n) is 6.49. The van der Waals surface area contributed by atoms with Crippen molar-refractivity contribution >= 4 is 41.7 Å². The molecule has 130 valence electrons. The Kier molecular flexibility index (Phi) is 8.85. The average Bonchev–Trinajstić information content (AvgIpc) is 2.50. The van der Waals surface area contributed by atoms with Crippen molar-refractivity contribution in [3.63, 3.8) is 0 Å². The van der Waals surface area contributed by atoms with E-state index in [4.69, 9.17) is 4.74 Å². The molecule has 1 aliphatic heterocycles. The number of halogens is 1. The fourth-order valence-corrected chi connectivity index (χ4v) is 4.06. The molecule has 0 amide bonds. The Morgan fingerprint density at radius 2 is 1.77 bits per heavy atom. The summed E-state index contributed by atoms with van der Waals surface area (Å²) in [5, 5.41) is 7.08. The van der Waals surface area contributed by atoms with Gasteiger partial charge in [-0.2, -0.15) is 11.8 Å². The largest absolute Gasteiger partial charge is 0.381 e. The van der Waals surface area contributed by atoms with Crippen LogP contribution >= 0.6 is 35.7 Å². The Labute approximate surface area is 157 Å². The Bertz CT molecular complexity index is 350.